The molecule has 1 fully saturated rings. The van der Waals surface area contributed by atoms with Crippen LogP contribution in [-0.2, 0) is 5.41 Å². The summed E-state index contributed by atoms with van der Waals surface area (Å²) in [5.74, 6) is 0. The fraction of sp³-hybridized carbons (Fsp3) is 0.111. The Labute approximate surface area is 440 Å². The molecule has 12 aromatic rings. The summed E-state index contributed by atoms with van der Waals surface area (Å²) in [6.45, 7) is 12.0. The molecule has 0 saturated heterocycles. The molecule has 0 radical (unpaired) electrons. The van der Waals surface area contributed by atoms with Crippen molar-refractivity contribution in [2.24, 2.45) is 0 Å². The van der Waals surface area contributed by atoms with E-state index in [1.165, 1.54) is 65.1 Å². The molecule has 0 atom stereocenters. The van der Waals surface area contributed by atoms with Gasteiger partial charge in [-0.25, -0.2) is 0 Å². The highest BCUT2D eigenvalue weighted by molar-refractivity contribution is 6.12. The fourth-order valence-electron chi connectivity index (χ4n) is 12.6. The standard InChI is InChI=1S/C70H52N2O.C2H6/c1-3-46-23-27-48(28-24-46)51-41-52(49-29-25-47(4-2)26-30-49)43-56(42-51)72-66-21-10-7-16-60(66)63-44-54(36-38-67(63)72)71(55-35-37-59-58-15-6-9-20-64(58)70(65(59)45-55)39-12-5-13-40-70)53-33-31-50(32-34-53)57-18-14-19-62-61-17-8-11-22-68(61)73-69(57)62;1-2/h3-4,6-11,14-38,41-45H,1-2,5,12-13,39-40H2;1-2H3. The fourth-order valence-corrected chi connectivity index (χ4v) is 12.6. The van der Waals surface area contributed by atoms with Gasteiger partial charge in [-0.1, -0.05) is 204 Å². The topological polar surface area (TPSA) is 21.3 Å². The van der Waals surface area contributed by atoms with Gasteiger partial charge in [-0.3, -0.25) is 0 Å². The van der Waals surface area contributed by atoms with Crippen LogP contribution in [0.1, 0.15) is 68.2 Å². The third kappa shape index (κ3) is 7.64. The third-order valence-electron chi connectivity index (χ3n) is 16.1. The van der Waals surface area contributed by atoms with E-state index in [-0.39, 0.29) is 5.41 Å². The Morgan fingerprint density at radius 2 is 0.987 bits per heavy atom. The van der Waals surface area contributed by atoms with Gasteiger partial charge in [0.25, 0.3) is 0 Å². The molecule has 14 rings (SSSR count). The summed E-state index contributed by atoms with van der Waals surface area (Å²) in [7, 11) is 0. The van der Waals surface area contributed by atoms with Crippen LogP contribution in [0.4, 0.5) is 17.1 Å². The van der Waals surface area contributed by atoms with Crippen LogP contribution < -0.4 is 4.90 Å². The van der Waals surface area contributed by atoms with Crippen molar-refractivity contribution in [3.63, 3.8) is 0 Å². The second-order valence-corrected chi connectivity index (χ2v) is 20.1. The summed E-state index contributed by atoms with van der Waals surface area (Å²) in [6.07, 6.45) is 9.94. The Hall–Kier alpha value is -8.92. The van der Waals surface area contributed by atoms with Crippen molar-refractivity contribution in [2.45, 2.75) is 51.4 Å². The molecular weight excluding hydrogens is 909 g/mol. The summed E-state index contributed by atoms with van der Waals surface area (Å²) in [5.41, 5.74) is 23.4. The number of rotatable bonds is 9. The highest BCUT2D eigenvalue weighted by atomic mass is 16.3. The molecule has 2 aliphatic carbocycles. The first-order valence-corrected chi connectivity index (χ1v) is 26.7. The predicted molar refractivity (Wildman–Crippen MR) is 320 cm³/mol. The minimum Gasteiger partial charge on any atom is -0.455 e. The quantitative estimate of drug-likeness (QED) is 0.144. The van der Waals surface area contributed by atoms with Crippen molar-refractivity contribution >= 4 is 73.0 Å². The van der Waals surface area contributed by atoms with Gasteiger partial charge in [-0.2, -0.15) is 0 Å². The number of aromatic nitrogens is 1. The van der Waals surface area contributed by atoms with Gasteiger partial charge in [0.05, 0.1) is 11.0 Å². The second kappa shape index (κ2) is 18.8. The number of anilines is 3. The van der Waals surface area contributed by atoms with E-state index in [4.69, 9.17) is 4.42 Å². The smallest absolute Gasteiger partial charge is 0.143 e. The molecule has 362 valence electrons. The molecule has 0 bridgehead atoms. The third-order valence-corrected chi connectivity index (χ3v) is 16.1. The van der Waals surface area contributed by atoms with Crippen molar-refractivity contribution in [1.82, 2.24) is 4.57 Å². The summed E-state index contributed by atoms with van der Waals surface area (Å²) in [5, 5.41) is 4.67. The lowest BCUT2D eigenvalue weighted by atomic mass is 9.68. The van der Waals surface area contributed by atoms with Crippen molar-refractivity contribution < 1.29 is 4.42 Å². The van der Waals surface area contributed by atoms with E-state index in [9.17, 15) is 0 Å². The zero-order valence-electron chi connectivity index (χ0n) is 42.7. The van der Waals surface area contributed by atoms with Gasteiger partial charge in [0.2, 0.25) is 0 Å². The number of benzene rings is 10. The van der Waals surface area contributed by atoms with Crippen LogP contribution in [0.5, 0.6) is 0 Å². The number of nitrogens with zero attached hydrogens (tertiary/aromatic N) is 2. The summed E-state index contributed by atoms with van der Waals surface area (Å²) in [4.78, 5) is 2.48. The van der Waals surface area contributed by atoms with Crippen molar-refractivity contribution in [3.8, 4) is 50.2 Å². The van der Waals surface area contributed by atoms with Crippen molar-refractivity contribution in [1.29, 1.82) is 0 Å². The van der Waals surface area contributed by atoms with Gasteiger partial charge < -0.3 is 13.9 Å². The molecule has 1 saturated carbocycles. The molecule has 75 heavy (non-hydrogen) atoms. The average Bonchev–Trinajstić information content (AvgIpc) is 4.13. The SMILES string of the molecule is C=Cc1ccc(-c2cc(-c3ccc(C=C)cc3)cc(-n3c4ccccc4c4cc(N(c5ccc(-c6cccc7c6oc6ccccc67)cc5)c5ccc6c(c5)C5(CCCCC5)c5ccccc5-6)ccc43)c2)cc1.CC. The summed E-state index contributed by atoms with van der Waals surface area (Å²) >= 11 is 0. The van der Waals surface area contributed by atoms with E-state index in [0.717, 1.165) is 100 Å². The molecule has 2 aromatic heterocycles. The molecule has 1 spiro atoms. The Morgan fingerprint density at radius 1 is 0.427 bits per heavy atom. The van der Waals surface area contributed by atoms with Crippen LogP contribution in [0, 0.1) is 0 Å². The zero-order valence-corrected chi connectivity index (χ0v) is 42.7. The van der Waals surface area contributed by atoms with E-state index in [0.29, 0.717) is 0 Å². The lowest BCUT2D eigenvalue weighted by molar-refractivity contribution is 0.353. The lowest BCUT2D eigenvalue weighted by Crippen LogP contribution is -2.28. The second-order valence-electron chi connectivity index (χ2n) is 20.1. The highest BCUT2D eigenvalue weighted by Crippen LogP contribution is 2.57. The van der Waals surface area contributed by atoms with Crippen LogP contribution in [-0.4, -0.2) is 4.57 Å². The summed E-state index contributed by atoms with van der Waals surface area (Å²) in [6, 6.07) is 80.8. The molecule has 0 amide bonds. The molecule has 0 aliphatic heterocycles. The van der Waals surface area contributed by atoms with E-state index in [2.05, 4.69) is 235 Å². The normalized spacial score (nSPS) is 13.4. The van der Waals surface area contributed by atoms with Gasteiger partial charge in [0.1, 0.15) is 11.2 Å². The van der Waals surface area contributed by atoms with Crippen LogP contribution in [0.15, 0.2) is 236 Å². The van der Waals surface area contributed by atoms with Gasteiger partial charge in [-0.15, -0.1) is 0 Å². The lowest BCUT2D eigenvalue weighted by Gasteiger charge is -2.36. The molecule has 2 aliphatic rings. The maximum atomic E-state index is 6.54. The zero-order chi connectivity index (χ0) is 50.6. The molecule has 2 heterocycles. The van der Waals surface area contributed by atoms with Crippen molar-refractivity contribution in [2.75, 3.05) is 4.90 Å². The van der Waals surface area contributed by atoms with Crippen LogP contribution in [0.25, 0.3) is 106 Å². The summed E-state index contributed by atoms with van der Waals surface area (Å²) < 4.78 is 9.00. The number of para-hydroxylation sites is 3. The average molecular weight is 967 g/mol. The molecule has 10 aromatic carbocycles. The van der Waals surface area contributed by atoms with Gasteiger partial charge in [-0.05, 0) is 147 Å². The molecule has 3 nitrogen and oxygen atoms in total. The minimum atomic E-state index is 0.0210. The Kier molecular flexibility index (Phi) is 11.5. The maximum Gasteiger partial charge on any atom is 0.143 e. The van der Waals surface area contributed by atoms with E-state index in [1.807, 2.05) is 32.1 Å². The van der Waals surface area contributed by atoms with E-state index >= 15 is 0 Å². The maximum absolute atomic E-state index is 6.54. The van der Waals surface area contributed by atoms with Crippen LogP contribution in [0.3, 0.4) is 0 Å². The van der Waals surface area contributed by atoms with Crippen LogP contribution >= 0.6 is 0 Å². The first kappa shape index (κ1) is 45.9. The van der Waals surface area contributed by atoms with Crippen molar-refractivity contribution in [3.05, 3.63) is 254 Å². The molecule has 3 heteroatoms. The predicted octanol–water partition coefficient (Wildman–Crippen LogP) is 20.7. The molecule has 0 unspecified atom stereocenters. The van der Waals surface area contributed by atoms with E-state index < -0.39 is 0 Å². The van der Waals surface area contributed by atoms with E-state index in [1.54, 1.807) is 0 Å². The molecular formula is C72H58N2O. The Balaban J connectivity index is 0.00000267. The minimum absolute atomic E-state index is 0.0210. The first-order chi connectivity index (χ1) is 37.0. The highest BCUT2D eigenvalue weighted by Gasteiger charge is 2.44. The van der Waals surface area contributed by atoms with Crippen LogP contribution in [0.2, 0.25) is 0 Å². The Bertz CT molecular complexity index is 4070. The number of furan rings is 1. The number of hydrogen-bond donors (Lipinski definition) is 0. The number of hydrogen-bond acceptors (Lipinski definition) is 2. The van der Waals surface area contributed by atoms with Gasteiger partial charge in [0, 0.05) is 55.3 Å². The molecule has 0 N–H and O–H groups in total. The first-order valence-electron chi connectivity index (χ1n) is 26.7. The monoisotopic (exact) mass is 966 g/mol. The Morgan fingerprint density at radius 3 is 1.71 bits per heavy atom. The van der Waals surface area contributed by atoms with Gasteiger partial charge >= 0.3 is 0 Å². The van der Waals surface area contributed by atoms with Gasteiger partial charge in [0.15, 0.2) is 0 Å². The number of fused-ring (bicyclic) bond motifs is 11. The largest absolute Gasteiger partial charge is 0.455 e.